The Morgan fingerprint density at radius 1 is 1.27 bits per heavy atom. The standard InChI is InChI=1S/C12H17NO2/c1-7-6-8(2)10(12(14)13-4)11(15-5)9(7)3/h6H,1-5H3,(H,13,14). The number of rotatable bonds is 2. The third-order valence-electron chi connectivity index (χ3n) is 2.64. The van der Waals surface area contributed by atoms with E-state index in [1.165, 1.54) is 0 Å². The summed E-state index contributed by atoms with van der Waals surface area (Å²) in [6, 6.07) is 2.00. The highest BCUT2D eigenvalue weighted by Gasteiger charge is 2.17. The normalized spacial score (nSPS) is 9.93. The SMILES string of the molecule is CNC(=O)c1c(C)cc(C)c(C)c1OC. The van der Waals surface area contributed by atoms with Crippen molar-refractivity contribution < 1.29 is 9.53 Å². The number of methoxy groups -OCH3 is 1. The molecule has 15 heavy (non-hydrogen) atoms. The molecule has 0 unspecified atom stereocenters. The molecule has 1 rings (SSSR count). The van der Waals surface area contributed by atoms with Crippen LogP contribution in [0.25, 0.3) is 0 Å². The lowest BCUT2D eigenvalue weighted by Gasteiger charge is -2.15. The van der Waals surface area contributed by atoms with E-state index in [0.29, 0.717) is 11.3 Å². The molecule has 0 fully saturated rings. The van der Waals surface area contributed by atoms with Crippen molar-refractivity contribution in [3.8, 4) is 5.75 Å². The van der Waals surface area contributed by atoms with E-state index in [1.807, 2.05) is 26.8 Å². The van der Waals surface area contributed by atoms with Crippen LogP contribution in [0.4, 0.5) is 0 Å². The van der Waals surface area contributed by atoms with E-state index in [-0.39, 0.29) is 5.91 Å². The smallest absolute Gasteiger partial charge is 0.255 e. The number of ether oxygens (including phenoxy) is 1. The van der Waals surface area contributed by atoms with Crippen molar-refractivity contribution in [3.05, 3.63) is 28.3 Å². The van der Waals surface area contributed by atoms with Gasteiger partial charge in [0.15, 0.2) is 0 Å². The molecule has 82 valence electrons. The van der Waals surface area contributed by atoms with Gasteiger partial charge in [-0.1, -0.05) is 6.07 Å². The van der Waals surface area contributed by atoms with Gasteiger partial charge in [0.25, 0.3) is 5.91 Å². The minimum atomic E-state index is -0.104. The van der Waals surface area contributed by atoms with Crippen molar-refractivity contribution in [1.29, 1.82) is 0 Å². The second-order valence-electron chi connectivity index (χ2n) is 3.62. The topological polar surface area (TPSA) is 38.3 Å². The predicted molar refractivity (Wildman–Crippen MR) is 60.6 cm³/mol. The summed E-state index contributed by atoms with van der Waals surface area (Å²) in [4.78, 5) is 11.7. The van der Waals surface area contributed by atoms with Crippen LogP contribution in [0.15, 0.2) is 6.07 Å². The van der Waals surface area contributed by atoms with Gasteiger partial charge in [0.05, 0.1) is 12.7 Å². The van der Waals surface area contributed by atoms with Crippen molar-refractivity contribution in [2.45, 2.75) is 20.8 Å². The van der Waals surface area contributed by atoms with Gasteiger partial charge in [-0.25, -0.2) is 0 Å². The Labute approximate surface area is 90.4 Å². The Morgan fingerprint density at radius 3 is 2.33 bits per heavy atom. The van der Waals surface area contributed by atoms with Gasteiger partial charge in [-0.05, 0) is 37.5 Å². The highest BCUT2D eigenvalue weighted by molar-refractivity contribution is 5.98. The fourth-order valence-corrected chi connectivity index (χ4v) is 1.71. The maximum atomic E-state index is 11.7. The molecule has 0 saturated heterocycles. The molecule has 3 heteroatoms. The second kappa shape index (κ2) is 4.34. The van der Waals surface area contributed by atoms with E-state index >= 15 is 0 Å². The molecule has 0 atom stereocenters. The molecule has 0 aliphatic carbocycles. The molecule has 0 spiro atoms. The van der Waals surface area contributed by atoms with E-state index in [2.05, 4.69) is 5.32 Å². The summed E-state index contributed by atoms with van der Waals surface area (Å²) in [5.74, 6) is 0.569. The van der Waals surface area contributed by atoms with Crippen molar-refractivity contribution >= 4 is 5.91 Å². The van der Waals surface area contributed by atoms with Crippen LogP contribution in [-0.2, 0) is 0 Å². The lowest BCUT2D eigenvalue weighted by Crippen LogP contribution is -2.20. The molecular formula is C12H17NO2. The molecule has 0 aliphatic heterocycles. The number of benzene rings is 1. The summed E-state index contributed by atoms with van der Waals surface area (Å²) in [6.07, 6.45) is 0. The predicted octanol–water partition coefficient (Wildman–Crippen LogP) is 1.98. The third-order valence-corrected chi connectivity index (χ3v) is 2.64. The van der Waals surface area contributed by atoms with E-state index in [1.54, 1.807) is 14.2 Å². The molecule has 1 amide bonds. The summed E-state index contributed by atoms with van der Waals surface area (Å²) in [6.45, 7) is 5.89. The van der Waals surface area contributed by atoms with Crippen LogP contribution in [0, 0.1) is 20.8 Å². The molecule has 0 aliphatic rings. The summed E-state index contributed by atoms with van der Waals surface area (Å²) in [5.41, 5.74) is 3.72. The van der Waals surface area contributed by atoms with Gasteiger partial charge in [0.2, 0.25) is 0 Å². The highest BCUT2D eigenvalue weighted by atomic mass is 16.5. The van der Waals surface area contributed by atoms with Gasteiger partial charge in [-0.3, -0.25) is 4.79 Å². The Bertz CT molecular complexity index is 397. The number of hydrogen-bond acceptors (Lipinski definition) is 2. The summed E-state index contributed by atoms with van der Waals surface area (Å²) >= 11 is 0. The van der Waals surface area contributed by atoms with E-state index in [0.717, 1.165) is 16.7 Å². The molecular weight excluding hydrogens is 190 g/mol. The van der Waals surface area contributed by atoms with Crippen LogP contribution in [0.1, 0.15) is 27.0 Å². The second-order valence-corrected chi connectivity index (χ2v) is 3.62. The summed E-state index contributed by atoms with van der Waals surface area (Å²) in [7, 11) is 3.21. The zero-order chi connectivity index (χ0) is 11.6. The monoisotopic (exact) mass is 207 g/mol. The molecule has 1 aromatic carbocycles. The van der Waals surface area contributed by atoms with Crippen LogP contribution in [0.5, 0.6) is 5.75 Å². The Kier molecular flexibility index (Phi) is 3.35. The molecule has 0 bridgehead atoms. The Morgan fingerprint density at radius 2 is 1.87 bits per heavy atom. The summed E-state index contributed by atoms with van der Waals surface area (Å²) < 4.78 is 5.30. The minimum absolute atomic E-state index is 0.104. The number of carbonyl (C=O) groups is 1. The van der Waals surface area contributed by atoms with Crippen LogP contribution in [0.2, 0.25) is 0 Å². The highest BCUT2D eigenvalue weighted by Crippen LogP contribution is 2.29. The molecule has 0 heterocycles. The van der Waals surface area contributed by atoms with Gasteiger partial charge in [-0.15, -0.1) is 0 Å². The zero-order valence-corrected chi connectivity index (χ0v) is 9.89. The van der Waals surface area contributed by atoms with Crippen LogP contribution >= 0.6 is 0 Å². The van der Waals surface area contributed by atoms with Crippen LogP contribution < -0.4 is 10.1 Å². The first kappa shape index (κ1) is 11.6. The van der Waals surface area contributed by atoms with Crippen molar-refractivity contribution in [2.75, 3.05) is 14.2 Å². The molecule has 1 N–H and O–H groups in total. The molecule has 1 aromatic rings. The number of aryl methyl sites for hydroxylation is 2. The fourth-order valence-electron chi connectivity index (χ4n) is 1.71. The maximum Gasteiger partial charge on any atom is 0.255 e. The lowest BCUT2D eigenvalue weighted by molar-refractivity contribution is 0.0959. The average molecular weight is 207 g/mol. The van der Waals surface area contributed by atoms with E-state index in [4.69, 9.17) is 4.74 Å². The first-order valence-corrected chi connectivity index (χ1v) is 4.89. The molecule has 0 aromatic heterocycles. The van der Waals surface area contributed by atoms with Gasteiger partial charge in [0, 0.05) is 7.05 Å². The molecule has 3 nitrogen and oxygen atoms in total. The Balaban J connectivity index is 3.49. The fraction of sp³-hybridized carbons (Fsp3) is 0.417. The van der Waals surface area contributed by atoms with E-state index in [9.17, 15) is 4.79 Å². The first-order valence-electron chi connectivity index (χ1n) is 4.89. The number of hydrogen-bond donors (Lipinski definition) is 1. The largest absolute Gasteiger partial charge is 0.496 e. The lowest BCUT2D eigenvalue weighted by atomic mass is 9.98. The Hall–Kier alpha value is -1.51. The van der Waals surface area contributed by atoms with E-state index < -0.39 is 0 Å². The van der Waals surface area contributed by atoms with Gasteiger partial charge in [-0.2, -0.15) is 0 Å². The van der Waals surface area contributed by atoms with Gasteiger partial charge >= 0.3 is 0 Å². The first-order chi connectivity index (χ1) is 7.02. The number of nitrogens with one attached hydrogen (secondary N) is 1. The number of amides is 1. The third kappa shape index (κ3) is 1.96. The molecule has 0 saturated carbocycles. The molecule has 0 radical (unpaired) electrons. The van der Waals surface area contributed by atoms with Crippen LogP contribution in [0.3, 0.4) is 0 Å². The van der Waals surface area contributed by atoms with Gasteiger partial charge < -0.3 is 10.1 Å². The number of carbonyl (C=O) groups excluding carboxylic acids is 1. The minimum Gasteiger partial charge on any atom is -0.496 e. The average Bonchev–Trinajstić information content (AvgIpc) is 2.21. The maximum absolute atomic E-state index is 11.7. The zero-order valence-electron chi connectivity index (χ0n) is 9.89. The van der Waals surface area contributed by atoms with Gasteiger partial charge in [0.1, 0.15) is 5.75 Å². The van der Waals surface area contributed by atoms with Crippen molar-refractivity contribution in [3.63, 3.8) is 0 Å². The van der Waals surface area contributed by atoms with Crippen LogP contribution in [-0.4, -0.2) is 20.1 Å². The quantitative estimate of drug-likeness (QED) is 0.805. The summed E-state index contributed by atoms with van der Waals surface area (Å²) in [5, 5.41) is 2.62. The van der Waals surface area contributed by atoms with Crippen molar-refractivity contribution in [1.82, 2.24) is 5.32 Å². The van der Waals surface area contributed by atoms with Crippen molar-refractivity contribution in [2.24, 2.45) is 0 Å².